The molecule has 0 atom stereocenters. The standard InChI is InChI=1S/C22H18NO2/c1-15-11-13-16(14-12-15)25-22(24)21-17-7-3-5-9-19(17)23(2)20-10-6-4-8-18(20)21/h3-14H,1-2H3/q+1. The molecule has 1 aromatic heterocycles. The molecule has 122 valence electrons. The molecule has 0 aliphatic rings. The Kier molecular flexibility index (Phi) is 3.69. The molecular formula is C22H18NO2+. The molecule has 0 N–H and O–H groups in total. The van der Waals surface area contributed by atoms with Gasteiger partial charge in [-0.05, 0) is 31.2 Å². The Balaban J connectivity index is 1.93. The summed E-state index contributed by atoms with van der Waals surface area (Å²) in [4.78, 5) is 13.0. The van der Waals surface area contributed by atoms with Gasteiger partial charge in [-0.2, -0.15) is 4.57 Å². The minimum absolute atomic E-state index is 0.336. The van der Waals surface area contributed by atoms with Gasteiger partial charge in [-0.3, -0.25) is 0 Å². The first-order valence-corrected chi connectivity index (χ1v) is 8.23. The molecule has 0 fully saturated rings. The smallest absolute Gasteiger partial charge is 0.345 e. The predicted octanol–water partition coefficient (Wildman–Crippen LogP) is 4.35. The molecule has 4 rings (SSSR count). The number of pyridine rings is 1. The van der Waals surface area contributed by atoms with E-state index in [1.54, 1.807) is 0 Å². The van der Waals surface area contributed by atoms with Crippen LogP contribution >= 0.6 is 0 Å². The third-order valence-electron chi connectivity index (χ3n) is 4.51. The third kappa shape index (κ3) is 2.64. The van der Waals surface area contributed by atoms with Crippen LogP contribution < -0.4 is 9.30 Å². The second-order valence-electron chi connectivity index (χ2n) is 6.17. The SMILES string of the molecule is Cc1ccc(OC(=O)c2c3ccccc3[n+](C)c3ccccc23)cc1. The number of carbonyl (C=O) groups excluding carboxylic acids is 1. The molecule has 0 amide bonds. The quantitative estimate of drug-likeness (QED) is 0.237. The van der Waals surface area contributed by atoms with Gasteiger partial charge in [0.2, 0.25) is 11.0 Å². The van der Waals surface area contributed by atoms with Crippen molar-refractivity contribution < 1.29 is 14.1 Å². The number of carbonyl (C=O) groups is 1. The summed E-state index contributed by atoms with van der Waals surface area (Å²) in [7, 11) is 2.01. The van der Waals surface area contributed by atoms with E-state index in [0.717, 1.165) is 27.4 Å². The van der Waals surface area contributed by atoms with Crippen molar-refractivity contribution in [1.82, 2.24) is 0 Å². The largest absolute Gasteiger partial charge is 0.423 e. The van der Waals surface area contributed by atoms with Gasteiger partial charge in [0.05, 0.1) is 16.3 Å². The number of hydrogen-bond donors (Lipinski definition) is 0. The van der Waals surface area contributed by atoms with E-state index < -0.39 is 0 Å². The number of nitrogens with zero attached hydrogens (tertiary/aromatic N) is 1. The topological polar surface area (TPSA) is 30.2 Å². The Labute approximate surface area is 146 Å². The van der Waals surface area contributed by atoms with E-state index in [-0.39, 0.29) is 5.97 Å². The summed E-state index contributed by atoms with van der Waals surface area (Å²) in [5, 5.41) is 1.78. The lowest BCUT2D eigenvalue weighted by Gasteiger charge is -2.10. The Morgan fingerprint density at radius 1 is 0.800 bits per heavy atom. The monoisotopic (exact) mass is 328 g/mol. The zero-order valence-corrected chi connectivity index (χ0v) is 14.2. The second-order valence-corrected chi connectivity index (χ2v) is 6.17. The Morgan fingerprint density at radius 3 is 1.88 bits per heavy atom. The van der Waals surface area contributed by atoms with Crippen LogP contribution in [0.15, 0.2) is 72.8 Å². The van der Waals surface area contributed by atoms with Crippen molar-refractivity contribution in [3.05, 3.63) is 83.9 Å². The highest BCUT2D eigenvalue weighted by Gasteiger charge is 2.23. The fourth-order valence-electron chi connectivity index (χ4n) is 3.21. The van der Waals surface area contributed by atoms with Crippen molar-refractivity contribution in [1.29, 1.82) is 0 Å². The minimum Gasteiger partial charge on any atom is -0.423 e. The van der Waals surface area contributed by atoms with E-state index in [0.29, 0.717) is 11.3 Å². The molecule has 0 unspecified atom stereocenters. The molecule has 0 aliphatic carbocycles. The maximum atomic E-state index is 13.0. The number of fused-ring (bicyclic) bond motifs is 2. The maximum Gasteiger partial charge on any atom is 0.345 e. The molecule has 0 saturated carbocycles. The molecule has 3 nitrogen and oxygen atoms in total. The van der Waals surface area contributed by atoms with Crippen LogP contribution in [0.5, 0.6) is 5.75 Å². The third-order valence-corrected chi connectivity index (χ3v) is 4.51. The molecule has 3 aromatic carbocycles. The van der Waals surface area contributed by atoms with Crippen LogP contribution in [0.25, 0.3) is 21.8 Å². The van der Waals surface area contributed by atoms with Gasteiger partial charge in [-0.15, -0.1) is 0 Å². The molecule has 0 radical (unpaired) electrons. The number of ether oxygens (including phenoxy) is 1. The van der Waals surface area contributed by atoms with Crippen LogP contribution in [-0.4, -0.2) is 5.97 Å². The Bertz CT molecular complexity index is 1040. The lowest BCUT2D eigenvalue weighted by Crippen LogP contribution is -2.31. The number of rotatable bonds is 2. The second kappa shape index (κ2) is 6.02. The molecule has 0 aliphatic heterocycles. The lowest BCUT2D eigenvalue weighted by molar-refractivity contribution is -0.617. The molecule has 25 heavy (non-hydrogen) atoms. The van der Waals surface area contributed by atoms with Gasteiger partial charge in [0.15, 0.2) is 0 Å². The highest BCUT2D eigenvalue weighted by molar-refractivity contribution is 6.13. The van der Waals surface area contributed by atoms with Gasteiger partial charge < -0.3 is 4.74 Å². The van der Waals surface area contributed by atoms with Crippen molar-refractivity contribution in [2.75, 3.05) is 0 Å². The van der Waals surface area contributed by atoms with Crippen molar-refractivity contribution in [3.63, 3.8) is 0 Å². The highest BCUT2D eigenvalue weighted by Crippen LogP contribution is 2.26. The molecule has 3 heteroatoms. The number of benzene rings is 3. The van der Waals surface area contributed by atoms with E-state index in [9.17, 15) is 4.79 Å². The fourth-order valence-corrected chi connectivity index (χ4v) is 3.21. The van der Waals surface area contributed by atoms with Crippen molar-refractivity contribution in [2.24, 2.45) is 7.05 Å². The van der Waals surface area contributed by atoms with Gasteiger partial charge in [0, 0.05) is 12.1 Å². The van der Waals surface area contributed by atoms with E-state index in [1.165, 1.54) is 0 Å². The van der Waals surface area contributed by atoms with Crippen molar-refractivity contribution in [3.8, 4) is 5.75 Å². The van der Waals surface area contributed by atoms with E-state index in [2.05, 4.69) is 4.57 Å². The normalized spacial score (nSPS) is 11.0. The molecule has 0 saturated heterocycles. The summed E-state index contributed by atoms with van der Waals surface area (Å²) in [6.07, 6.45) is 0. The van der Waals surface area contributed by atoms with Crippen LogP contribution in [0.3, 0.4) is 0 Å². The minimum atomic E-state index is -0.336. The first kappa shape index (κ1) is 15.3. The van der Waals surface area contributed by atoms with E-state index in [1.807, 2.05) is 86.8 Å². The summed E-state index contributed by atoms with van der Waals surface area (Å²) in [6, 6.07) is 23.3. The summed E-state index contributed by atoms with van der Waals surface area (Å²) in [5.41, 5.74) is 3.72. The van der Waals surface area contributed by atoms with Crippen LogP contribution in [-0.2, 0) is 7.05 Å². The van der Waals surface area contributed by atoms with Gasteiger partial charge in [0.25, 0.3) is 0 Å². The van der Waals surface area contributed by atoms with E-state index >= 15 is 0 Å². The number of esters is 1. The zero-order valence-electron chi connectivity index (χ0n) is 14.2. The first-order chi connectivity index (χ1) is 12.1. The van der Waals surface area contributed by atoms with Gasteiger partial charge in [0.1, 0.15) is 12.8 Å². The van der Waals surface area contributed by atoms with Crippen molar-refractivity contribution >= 4 is 27.8 Å². The van der Waals surface area contributed by atoms with Gasteiger partial charge in [-0.25, -0.2) is 4.79 Å². The summed E-state index contributed by atoms with van der Waals surface area (Å²) in [5.74, 6) is 0.217. The number of hydrogen-bond acceptors (Lipinski definition) is 2. The van der Waals surface area contributed by atoms with Gasteiger partial charge in [-0.1, -0.05) is 42.0 Å². The molecule has 0 spiro atoms. The maximum absolute atomic E-state index is 13.0. The number of aryl methyl sites for hydroxylation is 2. The molecule has 0 bridgehead atoms. The highest BCUT2D eigenvalue weighted by atomic mass is 16.5. The van der Waals surface area contributed by atoms with Crippen LogP contribution in [0, 0.1) is 6.92 Å². The van der Waals surface area contributed by atoms with Gasteiger partial charge >= 0.3 is 5.97 Å². The van der Waals surface area contributed by atoms with E-state index in [4.69, 9.17) is 4.74 Å². The average Bonchev–Trinajstić information content (AvgIpc) is 2.64. The summed E-state index contributed by atoms with van der Waals surface area (Å²) >= 11 is 0. The summed E-state index contributed by atoms with van der Waals surface area (Å²) < 4.78 is 7.77. The van der Waals surface area contributed by atoms with Crippen molar-refractivity contribution in [2.45, 2.75) is 6.92 Å². The lowest BCUT2D eigenvalue weighted by atomic mass is 10.0. The van der Waals surface area contributed by atoms with Crippen LogP contribution in [0.4, 0.5) is 0 Å². The zero-order chi connectivity index (χ0) is 17.4. The van der Waals surface area contributed by atoms with Crippen LogP contribution in [0.1, 0.15) is 15.9 Å². The first-order valence-electron chi connectivity index (χ1n) is 8.23. The molecule has 1 heterocycles. The number of aromatic nitrogens is 1. The fraction of sp³-hybridized carbons (Fsp3) is 0.0909. The molecule has 4 aromatic rings. The number of para-hydroxylation sites is 2. The Morgan fingerprint density at radius 2 is 1.32 bits per heavy atom. The molecular weight excluding hydrogens is 310 g/mol. The Hall–Kier alpha value is -3.20. The summed E-state index contributed by atoms with van der Waals surface area (Å²) in [6.45, 7) is 2.00. The predicted molar refractivity (Wildman–Crippen MR) is 98.8 cm³/mol. The van der Waals surface area contributed by atoms with Crippen LogP contribution in [0.2, 0.25) is 0 Å². The average molecular weight is 328 g/mol.